The van der Waals surface area contributed by atoms with Gasteiger partial charge in [0.2, 0.25) is 11.8 Å². The number of nitrogens with one attached hydrogen (secondary N) is 1. The fourth-order valence-electron chi connectivity index (χ4n) is 5.81. The fraction of sp³-hybridized carbons (Fsp3) is 0.387. The zero-order chi connectivity index (χ0) is 26.6. The third-order valence-corrected chi connectivity index (χ3v) is 8.03. The topological polar surface area (TPSA) is 69.7 Å². The molecule has 1 heterocycles. The lowest BCUT2D eigenvalue weighted by Gasteiger charge is -2.32. The Hall–Kier alpha value is -3.38. The van der Waals surface area contributed by atoms with E-state index in [2.05, 4.69) is 5.32 Å². The van der Waals surface area contributed by atoms with Crippen molar-refractivity contribution in [1.82, 2.24) is 10.2 Å². The van der Waals surface area contributed by atoms with Gasteiger partial charge in [-0.25, -0.2) is 0 Å². The van der Waals surface area contributed by atoms with E-state index in [1.807, 2.05) is 55.5 Å². The van der Waals surface area contributed by atoms with E-state index in [1.165, 1.54) is 0 Å². The summed E-state index contributed by atoms with van der Waals surface area (Å²) in [4.78, 5) is 43.5. The molecule has 198 valence electrons. The lowest BCUT2D eigenvalue weighted by atomic mass is 10.1. The Kier molecular flexibility index (Phi) is 7.98. The number of carbonyl (C=O) groups excluding carboxylic acids is 3. The van der Waals surface area contributed by atoms with E-state index in [-0.39, 0.29) is 30.2 Å². The first-order valence-corrected chi connectivity index (χ1v) is 14.0. The standard InChI is InChI=1S/C31H34ClN3O3/c1-2-26(30(37)33-24-10-3-4-11-24)35(20-21-15-17-23(32)18-16-21)28(36)14-7-19-34-27-13-6-9-22-8-5-12-25(29(22)27)31(34)38/h5-6,8-9,12-13,15-18,24,26H,2-4,7,10-11,14,19-20H2,1H3,(H,33,37)/t26-/m0/s1. The second-order valence-corrected chi connectivity index (χ2v) is 10.7. The molecule has 3 aromatic rings. The summed E-state index contributed by atoms with van der Waals surface area (Å²) >= 11 is 6.07. The molecule has 1 fully saturated rings. The molecule has 1 N–H and O–H groups in total. The molecule has 0 aromatic heterocycles. The molecule has 1 saturated carbocycles. The van der Waals surface area contributed by atoms with Gasteiger partial charge in [-0.3, -0.25) is 14.4 Å². The number of halogens is 1. The molecule has 6 nitrogen and oxygen atoms in total. The molecule has 1 aliphatic carbocycles. The molecule has 2 aliphatic rings. The highest BCUT2D eigenvalue weighted by molar-refractivity contribution is 6.30. The predicted molar refractivity (Wildman–Crippen MR) is 151 cm³/mol. The number of nitrogens with zero attached hydrogens (tertiary/aromatic N) is 2. The third-order valence-electron chi connectivity index (χ3n) is 7.78. The molecule has 0 spiro atoms. The Morgan fingerprint density at radius 2 is 1.76 bits per heavy atom. The molecule has 0 saturated heterocycles. The van der Waals surface area contributed by atoms with Crippen LogP contribution in [0.4, 0.5) is 5.69 Å². The Morgan fingerprint density at radius 3 is 2.47 bits per heavy atom. The molecular formula is C31H34ClN3O3. The maximum atomic E-state index is 13.6. The van der Waals surface area contributed by atoms with Crippen LogP contribution in [0.25, 0.3) is 10.8 Å². The van der Waals surface area contributed by atoms with E-state index in [1.54, 1.807) is 21.9 Å². The van der Waals surface area contributed by atoms with Gasteiger partial charge in [-0.15, -0.1) is 0 Å². The van der Waals surface area contributed by atoms with Crippen LogP contribution >= 0.6 is 11.6 Å². The van der Waals surface area contributed by atoms with Crippen LogP contribution < -0.4 is 10.2 Å². The van der Waals surface area contributed by atoms with E-state index in [4.69, 9.17) is 11.6 Å². The van der Waals surface area contributed by atoms with Gasteiger partial charge < -0.3 is 15.1 Å². The van der Waals surface area contributed by atoms with Crippen molar-refractivity contribution in [2.75, 3.05) is 11.4 Å². The second-order valence-electron chi connectivity index (χ2n) is 10.3. The first-order chi connectivity index (χ1) is 18.5. The maximum Gasteiger partial charge on any atom is 0.258 e. The number of anilines is 1. The van der Waals surface area contributed by atoms with Crippen molar-refractivity contribution in [3.63, 3.8) is 0 Å². The SMILES string of the molecule is CC[C@@H](C(=O)NC1CCCC1)N(Cc1ccc(Cl)cc1)C(=O)CCCN1C(=O)c2cccc3cccc1c23. The van der Waals surface area contributed by atoms with E-state index < -0.39 is 6.04 Å². The van der Waals surface area contributed by atoms with Gasteiger partial charge >= 0.3 is 0 Å². The van der Waals surface area contributed by atoms with Gasteiger partial charge in [0.25, 0.3) is 5.91 Å². The molecule has 7 heteroatoms. The summed E-state index contributed by atoms with van der Waals surface area (Å²) in [6.45, 7) is 2.72. The molecule has 3 amide bonds. The Balaban J connectivity index is 1.29. The zero-order valence-corrected chi connectivity index (χ0v) is 22.5. The molecule has 5 rings (SSSR count). The Labute approximate surface area is 228 Å². The Morgan fingerprint density at radius 1 is 1.05 bits per heavy atom. The first-order valence-electron chi connectivity index (χ1n) is 13.6. The predicted octanol–water partition coefficient (Wildman–Crippen LogP) is 6.10. The van der Waals surface area contributed by atoms with Crippen LogP contribution in [-0.2, 0) is 16.1 Å². The minimum absolute atomic E-state index is 0.0235. The van der Waals surface area contributed by atoms with Gasteiger partial charge in [-0.2, -0.15) is 0 Å². The maximum absolute atomic E-state index is 13.6. The summed E-state index contributed by atoms with van der Waals surface area (Å²) < 4.78 is 0. The van der Waals surface area contributed by atoms with Crippen LogP contribution in [-0.4, -0.2) is 41.2 Å². The lowest BCUT2D eigenvalue weighted by Crippen LogP contribution is -2.51. The number of rotatable bonds is 10. The van der Waals surface area contributed by atoms with E-state index >= 15 is 0 Å². The lowest BCUT2D eigenvalue weighted by molar-refractivity contribution is -0.141. The summed E-state index contributed by atoms with van der Waals surface area (Å²) in [5, 5.41) is 5.83. The quantitative estimate of drug-likeness (QED) is 0.343. The number of benzene rings is 3. The molecule has 3 aromatic carbocycles. The zero-order valence-electron chi connectivity index (χ0n) is 21.8. The van der Waals surface area contributed by atoms with Gasteiger partial charge in [0.15, 0.2) is 0 Å². The molecule has 0 bridgehead atoms. The van der Waals surface area contributed by atoms with Crippen molar-refractivity contribution in [2.24, 2.45) is 0 Å². The van der Waals surface area contributed by atoms with E-state index in [0.717, 1.165) is 47.7 Å². The van der Waals surface area contributed by atoms with Crippen LogP contribution in [0, 0.1) is 0 Å². The van der Waals surface area contributed by atoms with Crippen LogP contribution in [0.5, 0.6) is 0 Å². The van der Waals surface area contributed by atoms with Gasteiger partial charge in [0.1, 0.15) is 6.04 Å². The highest BCUT2D eigenvalue weighted by Crippen LogP contribution is 2.37. The van der Waals surface area contributed by atoms with Crippen molar-refractivity contribution >= 4 is 45.8 Å². The van der Waals surface area contributed by atoms with Crippen LogP contribution in [0.1, 0.15) is 67.8 Å². The molecule has 38 heavy (non-hydrogen) atoms. The number of hydrogen-bond donors (Lipinski definition) is 1. The minimum atomic E-state index is -0.551. The molecule has 0 radical (unpaired) electrons. The van der Waals surface area contributed by atoms with Crippen molar-refractivity contribution in [2.45, 2.75) is 70.5 Å². The third kappa shape index (κ3) is 5.41. The number of amides is 3. The van der Waals surface area contributed by atoms with Crippen molar-refractivity contribution < 1.29 is 14.4 Å². The molecular weight excluding hydrogens is 498 g/mol. The smallest absolute Gasteiger partial charge is 0.258 e. The van der Waals surface area contributed by atoms with Gasteiger partial charge in [0.05, 0.1) is 5.69 Å². The minimum Gasteiger partial charge on any atom is -0.352 e. The van der Waals surface area contributed by atoms with Crippen LogP contribution in [0.15, 0.2) is 60.7 Å². The Bertz CT molecular complexity index is 1330. The summed E-state index contributed by atoms with van der Waals surface area (Å²) in [5.74, 6) is -0.195. The van der Waals surface area contributed by atoms with Crippen LogP contribution in [0.2, 0.25) is 5.02 Å². The van der Waals surface area contributed by atoms with Gasteiger partial charge in [-0.1, -0.05) is 67.8 Å². The fourth-order valence-corrected chi connectivity index (χ4v) is 5.93. The van der Waals surface area contributed by atoms with Crippen molar-refractivity contribution in [1.29, 1.82) is 0 Å². The molecule has 1 aliphatic heterocycles. The second kappa shape index (κ2) is 11.6. The van der Waals surface area contributed by atoms with Gasteiger partial charge in [-0.05, 0) is 60.9 Å². The highest BCUT2D eigenvalue weighted by atomic mass is 35.5. The monoisotopic (exact) mass is 531 g/mol. The molecule has 1 atom stereocenters. The van der Waals surface area contributed by atoms with Crippen molar-refractivity contribution in [3.8, 4) is 0 Å². The van der Waals surface area contributed by atoms with Crippen molar-refractivity contribution in [3.05, 3.63) is 76.8 Å². The summed E-state index contributed by atoms with van der Waals surface area (Å²) in [5.41, 5.74) is 2.53. The summed E-state index contributed by atoms with van der Waals surface area (Å²) in [6.07, 6.45) is 5.52. The highest BCUT2D eigenvalue weighted by Gasteiger charge is 2.32. The summed E-state index contributed by atoms with van der Waals surface area (Å²) in [7, 11) is 0. The van der Waals surface area contributed by atoms with E-state index in [0.29, 0.717) is 36.5 Å². The number of carbonyl (C=O) groups is 3. The van der Waals surface area contributed by atoms with Gasteiger partial charge in [0, 0.05) is 41.5 Å². The first kappa shape index (κ1) is 26.2. The van der Waals surface area contributed by atoms with Crippen LogP contribution in [0.3, 0.4) is 0 Å². The molecule has 0 unspecified atom stereocenters. The number of hydrogen-bond acceptors (Lipinski definition) is 3. The average molecular weight is 532 g/mol. The normalized spacial score (nSPS) is 15.7. The average Bonchev–Trinajstić information content (AvgIpc) is 3.53. The van der Waals surface area contributed by atoms with E-state index in [9.17, 15) is 14.4 Å². The largest absolute Gasteiger partial charge is 0.352 e. The summed E-state index contributed by atoms with van der Waals surface area (Å²) in [6, 6.07) is 18.7.